The van der Waals surface area contributed by atoms with Crippen LogP contribution in [0.2, 0.25) is 5.02 Å². The third kappa shape index (κ3) is 5.97. The molecule has 0 radical (unpaired) electrons. The van der Waals surface area contributed by atoms with Gasteiger partial charge in [0, 0.05) is 50.5 Å². The van der Waals surface area contributed by atoms with E-state index in [-0.39, 0.29) is 24.5 Å². The Kier molecular flexibility index (Phi) is 8.20. The summed E-state index contributed by atoms with van der Waals surface area (Å²) in [5.74, 6) is 0.590. The van der Waals surface area contributed by atoms with Gasteiger partial charge in [-0.05, 0) is 49.6 Å². The first-order valence-electron chi connectivity index (χ1n) is 13.1. The van der Waals surface area contributed by atoms with E-state index in [4.69, 9.17) is 16.3 Å². The minimum atomic E-state index is -0.125. The van der Waals surface area contributed by atoms with E-state index in [0.717, 1.165) is 35.5 Å². The Labute approximate surface area is 228 Å². The lowest BCUT2D eigenvalue weighted by Gasteiger charge is -2.36. The molecule has 0 aliphatic carbocycles. The Hall–Kier alpha value is -3.49. The Balaban J connectivity index is 1.21. The molecule has 2 aromatic carbocycles. The van der Waals surface area contributed by atoms with Crippen molar-refractivity contribution in [3.63, 3.8) is 0 Å². The smallest absolute Gasteiger partial charge is 0.254 e. The number of anilines is 1. The summed E-state index contributed by atoms with van der Waals surface area (Å²) in [6, 6.07) is 18.9. The molecule has 198 valence electrons. The maximum Gasteiger partial charge on any atom is 0.254 e. The van der Waals surface area contributed by atoms with Crippen LogP contribution < -0.4 is 4.90 Å². The van der Waals surface area contributed by atoms with Crippen LogP contribution in [0.4, 0.5) is 5.82 Å². The number of carbonyl (C=O) groups excluding carboxylic acids is 2. The first-order valence-corrected chi connectivity index (χ1v) is 13.5. The molecule has 3 aromatic rings. The largest absolute Gasteiger partial charge is 0.376 e. The fourth-order valence-electron chi connectivity index (χ4n) is 4.99. The normalized spacial score (nSPS) is 17.5. The number of nitrogens with zero attached hydrogens (tertiary/aromatic N) is 5. The van der Waals surface area contributed by atoms with Crippen LogP contribution in [0, 0.1) is 6.92 Å². The summed E-state index contributed by atoms with van der Waals surface area (Å²) in [6.45, 7) is 5.48. The van der Waals surface area contributed by atoms with Crippen molar-refractivity contribution in [2.45, 2.75) is 25.9 Å². The first kappa shape index (κ1) is 26.1. The van der Waals surface area contributed by atoms with Crippen molar-refractivity contribution in [1.82, 2.24) is 20.0 Å². The minimum absolute atomic E-state index is 0.0278. The molecule has 0 N–H and O–H groups in total. The molecule has 2 aliphatic heterocycles. The molecule has 38 heavy (non-hydrogen) atoms. The molecule has 8 nitrogen and oxygen atoms in total. The number of rotatable bonds is 7. The molecule has 2 saturated heterocycles. The summed E-state index contributed by atoms with van der Waals surface area (Å²) in [7, 11) is 0. The SMILES string of the molecule is Cc1ccccc1C(=O)N(CC(=O)N1CCN(c2ccc(-c3ccccc3Cl)nn2)CC1)C[C@H]1CCCO1. The van der Waals surface area contributed by atoms with Crippen LogP contribution in [-0.4, -0.2) is 83.8 Å². The molecule has 2 amide bonds. The van der Waals surface area contributed by atoms with E-state index in [0.29, 0.717) is 49.9 Å². The summed E-state index contributed by atoms with van der Waals surface area (Å²) in [5.41, 5.74) is 3.09. The van der Waals surface area contributed by atoms with Crippen molar-refractivity contribution in [1.29, 1.82) is 0 Å². The highest BCUT2D eigenvalue weighted by atomic mass is 35.5. The van der Waals surface area contributed by atoms with Gasteiger partial charge in [-0.2, -0.15) is 0 Å². The second kappa shape index (κ2) is 11.9. The molecule has 3 heterocycles. The van der Waals surface area contributed by atoms with Crippen LogP contribution in [0.25, 0.3) is 11.3 Å². The van der Waals surface area contributed by atoms with Crippen LogP contribution in [-0.2, 0) is 9.53 Å². The summed E-state index contributed by atoms with van der Waals surface area (Å²) >= 11 is 6.29. The number of piperazine rings is 1. The average Bonchev–Trinajstić information content (AvgIpc) is 3.46. The predicted molar refractivity (Wildman–Crippen MR) is 147 cm³/mol. The van der Waals surface area contributed by atoms with Crippen molar-refractivity contribution < 1.29 is 14.3 Å². The lowest BCUT2D eigenvalue weighted by molar-refractivity contribution is -0.132. The molecule has 2 aliphatic rings. The lowest BCUT2D eigenvalue weighted by atomic mass is 10.1. The third-order valence-corrected chi connectivity index (χ3v) is 7.52. The van der Waals surface area contributed by atoms with E-state index in [9.17, 15) is 9.59 Å². The minimum Gasteiger partial charge on any atom is -0.376 e. The zero-order valence-corrected chi connectivity index (χ0v) is 22.3. The van der Waals surface area contributed by atoms with Crippen molar-refractivity contribution in [2.24, 2.45) is 0 Å². The van der Waals surface area contributed by atoms with E-state index in [1.54, 1.807) is 4.90 Å². The fourth-order valence-corrected chi connectivity index (χ4v) is 5.22. The van der Waals surface area contributed by atoms with Crippen LogP contribution in [0.1, 0.15) is 28.8 Å². The molecule has 0 bridgehead atoms. The molecule has 9 heteroatoms. The number of ether oxygens (including phenoxy) is 1. The van der Waals surface area contributed by atoms with Gasteiger partial charge in [0.05, 0.1) is 16.8 Å². The maximum atomic E-state index is 13.4. The van der Waals surface area contributed by atoms with Gasteiger partial charge < -0.3 is 19.4 Å². The second-order valence-corrected chi connectivity index (χ2v) is 10.2. The topological polar surface area (TPSA) is 78.9 Å². The Morgan fingerprint density at radius 2 is 1.76 bits per heavy atom. The Bertz CT molecular complexity index is 1270. The fraction of sp³-hybridized carbons (Fsp3) is 0.379. The zero-order valence-electron chi connectivity index (χ0n) is 21.6. The van der Waals surface area contributed by atoms with Gasteiger partial charge in [0.25, 0.3) is 5.91 Å². The highest BCUT2D eigenvalue weighted by Gasteiger charge is 2.29. The van der Waals surface area contributed by atoms with E-state index >= 15 is 0 Å². The van der Waals surface area contributed by atoms with Crippen LogP contribution in [0.5, 0.6) is 0 Å². The van der Waals surface area contributed by atoms with Crippen molar-refractivity contribution in [3.05, 3.63) is 76.8 Å². The molecule has 1 atom stereocenters. The first-order chi connectivity index (χ1) is 18.5. The Morgan fingerprint density at radius 3 is 2.45 bits per heavy atom. The second-order valence-electron chi connectivity index (χ2n) is 9.76. The number of benzene rings is 2. The highest BCUT2D eigenvalue weighted by molar-refractivity contribution is 6.33. The average molecular weight is 534 g/mol. The standard InChI is InChI=1S/C29H32ClN5O3/c1-21-7-2-3-9-23(21)29(37)35(19-22-8-6-18-38-22)20-28(36)34-16-14-33(15-17-34)27-13-12-26(31-32-27)24-10-4-5-11-25(24)30/h2-5,7,9-13,22H,6,8,14-20H2,1H3/t22-/m1/s1. The number of halogens is 1. The van der Waals surface area contributed by atoms with Gasteiger partial charge in [-0.15, -0.1) is 10.2 Å². The quantitative estimate of drug-likeness (QED) is 0.455. The van der Waals surface area contributed by atoms with Gasteiger partial charge in [-0.1, -0.05) is 48.0 Å². The molecule has 0 unspecified atom stereocenters. The Morgan fingerprint density at radius 1 is 1.00 bits per heavy atom. The number of amides is 2. The van der Waals surface area contributed by atoms with E-state index < -0.39 is 0 Å². The van der Waals surface area contributed by atoms with E-state index in [1.807, 2.05) is 72.5 Å². The summed E-state index contributed by atoms with van der Waals surface area (Å²) < 4.78 is 5.79. The molecule has 0 spiro atoms. The van der Waals surface area contributed by atoms with Gasteiger partial charge in [0.1, 0.15) is 6.54 Å². The number of hydrogen-bond acceptors (Lipinski definition) is 6. The lowest BCUT2D eigenvalue weighted by Crippen LogP contribution is -2.52. The molecular formula is C29H32ClN5O3. The summed E-state index contributed by atoms with van der Waals surface area (Å²) in [5, 5.41) is 9.41. The van der Waals surface area contributed by atoms with Crippen LogP contribution >= 0.6 is 11.6 Å². The molecule has 2 fully saturated rings. The number of carbonyl (C=O) groups is 2. The molecule has 1 aromatic heterocycles. The monoisotopic (exact) mass is 533 g/mol. The van der Waals surface area contributed by atoms with Crippen molar-refractivity contribution in [3.8, 4) is 11.3 Å². The van der Waals surface area contributed by atoms with Crippen molar-refractivity contribution in [2.75, 3.05) is 50.8 Å². The summed E-state index contributed by atoms with van der Waals surface area (Å²) in [4.78, 5) is 32.3. The van der Waals surface area contributed by atoms with Gasteiger partial charge in [0.15, 0.2) is 5.82 Å². The molecular weight excluding hydrogens is 502 g/mol. The van der Waals surface area contributed by atoms with Crippen molar-refractivity contribution >= 4 is 29.2 Å². The zero-order chi connectivity index (χ0) is 26.5. The summed E-state index contributed by atoms with van der Waals surface area (Å²) in [6.07, 6.45) is 1.86. The third-order valence-electron chi connectivity index (χ3n) is 7.19. The number of hydrogen-bond donors (Lipinski definition) is 0. The molecule has 0 saturated carbocycles. The van der Waals surface area contributed by atoms with Crippen LogP contribution in [0.3, 0.4) is 0 Å². The van der Waals surface area contributed by atoms with Gasteiger partial charge in [-0.25, -0.2) is 0 Å². The molecule has 5 rings (SSSR count). The van der Waals surface area contributed by atoms with Gasteiger partial charge >= 0.3 is 0 Å². The highest BCUT2D eigenvalue weighted by Crippen LogP contribution is 2.26. The van der Waals surface area contributed by atoms with Gasteiger partial charge in [0.2, 0.25) is 5.91 Å². The predicted octanol–water partition coefficient (Wildman–Crippen LogP) is 4.08. The van der Waals surface area contributed by atoms with E-state index in [2.05, 4.69) is 15.1 Å². The van der Waals surface area contributed by atoms with Gasteiger partial charge in [-0.3, -0.25) is 9.59 Å². The van der Waals surface area contributed by atoms with Crippen LogP contribution in [0.15, 0.2) is 60.7 Å². The number of aromatic nitrogens is 2. The maximum absolute atomic E-state index is 13.4. The number of aryl methyl sites for hydroxylation is 1. The van der Waals surface area contributed by atoms with E-state index in [1.165, 1.54) is 0 Å².